The zero-order valence-corrected chi connectivity index (χ0v) is 20.9. The first-order valence-corrected chi connectivity index (χ1v) is 13.3. The Labute approximate surface area is 215 Å². The number of hydrogen-bond acceptors (Lipinski definition) is 5. The molecule has 0 amide bonds. The molecule has 0 atom stereocenters. The van der Waals surface area contributed by atoms with Gasteiger partial charge in [-0.3, -0.25) is 0 Å². The molecule has 0 unspecified atom stereocenters. The fourth-order valence-electron chi connectivity index (χ4n) is 5.28. The molecule has 8 heteroatoms. The number of anilines is 4. The van der Waals surface area contributed by atoms with E-state index >= 15 is 0 Å². The number of alkyl halides is 3. The predicted octanol–water partition coefficient (Wildman–Crippen LogP) is 8.74. The van der Waals surface area contributed by atoms with Crippen molar-refractivity contribution in [3.8, 4) is 5.75 Å². The van der Waals surface area contributed by atoms with E-state index in [0.29, 0.717) is 17.3 Å². The SMILES string of the molecule is FC(F)(F)c1cnc(Nc2ccc(OC3CCCCC3)cc2)nc1Nc1ccc(C2CCCCC2)cc1. The molecule has 0 aliphatic heterocycles. The Morgan fingerprint density at radius 3 is 1.97 bits per heavy atom. The summed E-state index contributed by atoms with van der Waals surface area (Å²) in [5.74, 6) is 1.11. The second-order valence-corrected chi connectivity index (χ2v) is 10.1. The molecule has 3 aromatic rings. The number of halogens is 3. The van der Waals surface area contributed by atoms with E-state index < -0.39 is 11.7 Å². The molecule has 2 aliphatic carbocycles. The van der Waals surface area contributed by atoms with Crippen molar-refractivity contribution in [2.75, 3.05) is 10.6 Å². The predicted molar refractivity (Wildman–Crippen MR) is 140 cm³/mol. The quantitative estimate of drug-likeness (QED) is 0.333. The van der Waals surface area contributed by atoms with E-state index in [-0.39, 0.29) is 17.9 Å². The van der Waals surface area contributed by atoms with Crippen LogP contribution in [0, 0.1) is 0 Å². The Bertz CT molecular complexity index is 1150. The summed E-state index contributed by atoms with van der Waals surface area (Å²) in [5, 5.41) is 5.87. The van der Waals surface area contributed by atoms with Gasteiger partial charge in [-0.25, -0.2) is 4.98 Å². The number of ether oxygens (including phenoxy) is 1. The summed E-state index contributed by atoms with van der Waals surface area (Å²) < 4.78 is 47.1. The van der Waals surface area contributed by atoms with E-state index in [2.05, 4.69) is 20.6 Å². The third-order valence-electron chi connectivity index (χ3n) is 7.31. The lowest BCUT2D eigenvalue weighted by molar-refractivity contribution is -0.137. The van der Waals surface area contributed by atoms with E-state index in [4.69, 9.17) is 4.74 Å². The van der Waals surface area contributed by atoms with Gasteiger partial charge in [0.2, 0.25) is 5.95 Å². The summed E-state index contributed by atoms with van der Waals surface area (Å²) in [6.45, 7) is 0. The molecule has 5 nitrogen and oxygen atoms in total. The molecule has 1 heterocycles. The molecular formula is C29H33F3N4O. The molecule has 2 aromatic carbocycles. The van der Waals surface area contributed by atoms with Crippen molar-refractivity contribution in [2.24, 2.45) is 0 Å². The van der Waals surface area contributed by atoms with Gasteiger partial charge in [-0.2, -0.15) is 18.2 Å². The molecule has 196 valence electrons. The van der Waals surface area contributed by atoms with Crippen molar-refractivity contribution in [3.05, 3.63) is 65.9 Å². The van der Waals surface area contributed by atoms with E-state index in [0.717, 1.165) is 24.8 Å². The molecule has 0 bridgehead atoms. The zero-order chi connectivity index (χ0) is 25.7. The Kier molecular flexibility index (Phi) is 7.82. The minimum atomic E-state index is -4.58. The molecule has 2 fully saturated rings. The van der Waals surface area contributed by atoms with Crippen LogP contribution in [0.3, 0.4) is 0 Å². The lowest BCUT2D eigenvalue weighted by atomic mass is 9.84. The first kappa shape index (κ1) is 25.4. The average Bonchev–Trinajstić information content (AvgIpc) is 2.91. The van der Waals surface area contributed by atoms with Gasteiger partial charge in [0.1, 0.15) is 17.1 Å². The van der Waals surface area contributed by atoms with E-state index in [9.17, 15) is 13.2 Å². The number of benzene rings is 2. The van der Waals surface area contributed by atoms with Crippen LogP contribution in [0.4, 0.5) is 36.3 Å². The van der Waals surface area contributed by atoms with Crippen molar-refractivity contribution in [1.29, 1.82) is 0 Å². The van der Waals surface area contributed by atoms with Gasteiger partial charge in [-0.05, 0) is 86.4 Å². The summed E-state index contributed by atoms with van der Waals surface area (Å²) >= 11 is 0. The number of nitrogens with one attached hydrogen (secondary N) is 2. The molecule has 0 radical (unpaired) electrons. The van der Waals surface area contributed by atoms with E-state index in [1.807, 2.05) is 48.5 Å². The fourth-order valence-corrected chi connectivity index (χ4v) is 5.28. The summed E-state index contributed by atoms with van der Waals surface area (Å²) in [6.07, 6.45) is 8.33. The second-order valence-electron chi connectivity index (χ2n) is 10.1. The van der Waals surface area contributed by atoms with Crippen LogP contribution in [0.5, 0.6) is 5.75 Å². The van der Waals surface area contributed by atoms with Crippen LogP contribution >= 0.6 is 0 Å². The highest BCUT2D eigenvalue weighted by Gasteiger charge is 2.35. The topological polar surface area (TPSA) is 59.1 Å². The molecule has 37 heavy (non-hydrogen) atoms. The maximum absolute atomic E-state index is 13.7. The number of aromatic nitrogens is 2. The van der Waals surface area contributed by atoms with Gasteiger partial charge in [0, 0.05) is 17.6 Å². The van der Waals surface area contributed by atoms with Crippen molar-refractivity contribution in [2.45, 2.75) is 82.4 Å². The first-order chi connectivity index (χ1) is 17.9. The van der Waals surface area contributed by atoms with E-state index in [1.54, 1.807) is 0 Å². The molecule has 0 spiro atoms. The Morgan fingerprint density at radius 1 is 0.730 bits per heavy atom. The fraction of sp³-hybridized carbons (Fsp3) is 0.448. The third kappa shape index (κ3) is 6.73. The highest BCUT2D eigenvalue weighted by Crippen LogP contribution is 2.37. The van der Waals surface area contributed by atoms with Crippen LogP contribution in [0.2, 0.25) is 0 Å². The molecule has 2 N–H and O–H groups in total. The van der Waals surface area contributed by atoms with Gasteiger partial charge >= 0.3 is 6.18 Å². The second kappa shape index (κ2) is 11.4. The van der Waals surface area contributed by atoms with E-state index in [1.165, 1.54) is 56.9 Å². The monoisotopic (exact) mass is 510 g/mol. The minimum absolute atomic E-state index is 0.0790. The number of nitrogens with zero attached hydrogens (tertiary/aromatic N) is 2. The zero-order valence-electron chi connectivity index (χ0n) is 20.9. The van der Waals surface area contributed by atoms with Crippen LogP contribution in [0.1, 0.15) is 81.3 Å². The van der Waals surface area contributed by atoms with Gasteiger partial charge in [0.25, 0.3) is 0 Å². The molecule has 2 saturated carbocycles. The molecule has 5 rings (SSSR count). The summed E-state index contributed by atoms with van der Waals surface area (Å²) in [6, 6.07) is 15.0. The highest BCUT2D eigenvalue weighted by molar-refractivity contribution is 5.63. The van der Waals surface area contributed by atoms with Gasteiger partial charge in [0.05, 0.1) is 6.10 Å². The molecule has 2 aliphatic rings. The normalized spacial score (nSPS) is 17.4. The highest BCUT2D eigenvalue weighted by atomic mass is 19.4. The van der Waals surface area contributed by atoms with Crippen molar-refractivity contribution < 1.29 is 17.9 Å². The van der Waals surface area contributed by atoms with Crippen LogP contribution in [0.15, 0.2) is 54.7 Å². The smallest absolute Gasteiger partial charge is 0.421 e. The lowest BCUT2D eigenvalue weighted by Gasteiger charge is -2.23. The molecule has 0 saturated heterocycles. The van der Waals surface area contributed by atoms with Crippen LogP contribution < -0.4 is 15.4 Å². The Morgan fingerprint density at radius 2 is 1.32 bits per heavy atom. The molecule has 1 aromatic heterocycles. The summed E-state index contributed by atoms with van der Waals surface area (Å²) in [7, 11) is 0. The summed E-state index contributed by atoms with van der Waals surface area (Å²) in [4.78, 5) is 8.09. The summed E-state index contributed by atoms with van der Waals surface area (Å²) in [5.41, 5.74) is 1.55. The number of rotatable bonds is 7. The maximum atomic E-state index is 13.7. The largest absolute Gasteiger partial charge is 0.490 e. The van der Waals surface area contributed by atoms with Gasteiger partial charge in [0.15, 0.2) is 0 Å². The van der Waals surface area contributed by atoms with Crippen LogP contribution in [-0.2, 0) is 6.18 Å². The maximum Gasteiger partial charge on any atom is 0.421 e. The number of hydrogen-bond donors (Lipinski definition) is 2. The average molecular weight is 511 g/mol. The van der Waals surface area contributed by atoms with Gasteiger partial charge < -0.3 is 15.4 Å². The van der Waals surface area contributed by atoms with Gasteiger partial charge in [-0.15, -0.1) is 0 Å². The Hall–Kier alpha value is -3.29. The standard InChI is InChI=1S/C29H33F3N4O/c30-29(31,32)26-19-33-28(35-23-15-17-25(18-16-23)37-24-9-5-2-6-10-24)36-27(26)34-22-13-11-21(12-14-22)20-7-3-1-4-8-20/h11-20,24H,1-10H2,(H2,33,34,35,36). The lowest BCUT2D eigenvalue weighted by Crippen LogP contribution is -2.19. The minimum Gasteiger partial charge on any atom is -0.490 e. The van der Waals surface area contributed by atoms with Crippen molar-refractivity contribution >= 4 is 23.1 Å². The van der Waals surface area contributed by atoms with Crippen molar-refractivity contribution in [1.82, 2.24) is 9.97 Å². The Balaban J connectivity index is 1.29. The third-order valence-corrected chi connectivity index (χ3v) is 7.31. The van der Waals surface area contributed by atoms with Crippen LogP contribution in [-0.4, -0.2) is 16.1 Å². The first-order valence-electron chi connectivity index (χ1n) is 13.3. The molecular weight excluding hydrogens is 477 g/mol. The van der Waals surface area contributed by atoms with Crippen LogP contribution in [0.25, 0.3) is 0 Å². The van der Waals surface area contributed by atoms with Crippen molar-refractivity contribution in [3.63, 3.8) is 0 Å². The van der Waals surface area contributed by atoms with Gasteiger partial charge in [-0.1, -0.05) is 37.8 Å².